The number of hydrogen-bond donors (Lipinski definition) is 2. The zero-order chi connectivity index (χ0) is 19.9. The molecule has 0 amide bonds. The van der Waals surface area contributed by atoms with Crippen LogP contribution in [0.4, 0.5) is 11.4 Å². The van der Waals surface area contributed by atoms with Crippen LogP contribution >= 0.6 is 0 Å². The highest BCUT2D eigenvalue weighted by atomic mass is 16.5. The van der Waals surface area contributed by atoms with Crippen molar-refractivity contribution in [2.75, 3.05) is 23.8 Å². The smallest absolute Gasteiger partial charge is 0.337 e. The third kappa shape index (κ3) is 4.52. The molecule has 0 saturated heterocycles. The van der Waals surface area contributed by atoms with Crippen LogP contribution in [0.2, 0.25) is 0 Å². The number of benzene rings is 2. The largest absolute Gasteiger partial charge is 0.466 e. The van der Waals surface area contributed by atoms with Crippen LogP contribution in [0.5, 0.6) is 0 Å². The number of carbonyl (C=O) groups excluding carboxylic acids is 2. The van der Waals surface area contributed by atoms with Gasteiger partial charge in [0, 0.05) is 6.20 Å². The number of fused-ring (bicyclic) bond motifs is 1. The molecule has 1 heterocycles. The fourth-order valence-electron chi connectivity index (χ4n) is 3.08. The van der Waals surface area contributed by atoms with Gasteiger partial charge < -0.3 is 20.1 Å². The molecule has 6 nitrogen and oxygen atoms in total. The summed E-state index contributed by atoms with van der Waals surface area (Å²) in [6, 6.07) is 15.4. The molecule has 1 aliphatic heterocycles. The van der Waals surface area contributed by atoms with Crippen LogP contribution in [0.15, 0.2) is 60.3 Å². The number of ether oxygens (including phenoxy) is 2. The van der Waals surface area contributed by atoms with Crippen molar-refractivity contribution >= 4 is 23.3 Å². The summed E-state index contributed by atoms with van der Waals surface area (Å²) < 4.78 is 10.2. The minimum atomic E-state index is -0.547. The topological polar surface area (TPSA) is 76.7 Å². The third-order valence-electron chi connectivity index (χ3n) is 4.40. The normalized spacial score (nSPS) is 15.2. The SMILES string of the molecule is CCOC(=O)CC1Nc2ccc(-c3ccccc3)cc2NC=C1C(=O)OCC. The molecular weight excluding hydrogens is 356 g/mol. The molecule has 6 heteroatoms. The van der Waals surface area contributed by atoms with E-state index in [-0.39, 0.29) is 19.0 Å². The molecule has 146 valence electrons. The van der Waals surface area contributed by atoms with Gasteiger partial charge in [0.2, 0.25) is 0 Å². The predicted molar refractivity (Wildman–Crippen MR) is 109 cm³/mol. The minimum absolute atomic E-state index is 0.0278. The fourth-order valence-corrected chi connectivity index (χ4v) is 3.08. The number of anilines is 2. The molecule has 0 fully saturated rings. The first-order valence-electron chi connectivity index (χ1n) is 9.37. The summed E-state index contributed by atoms with van der Waals surface area (Å²) in [4.78, 5) is 24.5. The van der Waals surface area contributed by atoms with E-state index in [1.807, 2.05) is 48.5 Å². The Labute approximate surface area is 164 Å². The summed E-state index contributed by atoms with van der Waals surface area (Å²) in [6.07, 6.45) is 1.63. The van der Waals surface area contributed by atoms with Gasteiger partial charge >= 0.3 is 11.9 Å². The molecule has 0 aliphatic carbocycles. The summed E-state index contributed by atoms with van der Waals surface area (Å²) >= 11 is 0. The molecule has 2 aromatic rings. The first-order valence-corrected chi connectivity index (χ1v) is 9.37. The number of hydrogen-bond acceptors (Lipinski definition) is 6. The zero-order valence-corrected chi connectivity index (χ0v) is 16.0. The van der Waals surface area contributed by atoms with E-state index in [1.165, 1.54) is 0 Å². The molecule has 0 spiro atoms. The number of esters is 2. The molecule has 0 aromatic heterocycles. The highest BCUT2D eigenvalue weighted by Crippen LogP contribution is 2.33. The molecule has 0 saturated carbocycles. The molecular formula is C22H24N2O4. The summed E-state index contributed by atoms with van der Waals surface area (Å²) in [5.74, 6) is -0.840. The van der Waals surface area contributed by atoms with Crippen molar-refractivity contribution in [1.29, 1.82) is 0 Å². The van der Waals surface area contributed by atoms with E-state index in [2.05, 4.69) is 10.6 Å². The van der Waals surface area contributed by atoms with Crippen molar-refractivity contribution in [3.8, 4) is 11.1 Å². The zero-order valence-electron chi connectivity index (χ0n) is 16.0. The van der Waals surface area contributed by atoms with Gasteiger partial charge in [-0.3, -0.25) is 4.79 Å². The van der Waals surface area contributed by atoms with E-state index in [0.717, 1.165) is 22.5 Å². The lowest BCUT2D eigenvalue weighted by atomic mass is 10.0. The van der Waals surface area contributed by atoms with Crippen molar-refractivity contribution in [2.45, 2.75) is 26.3 Å². The maximum absolute atomic E-state index is 12.4. The van der Waals surface area contributed by atoms with E-state index >= 15 is 0 Å². The van der Waals surface area contributed by atoms with E-state index in [0.29, 0.717) is 12.2 Å². The van der Waals surface area contributed by atoms with Crippen LogP contribution in [-0.2, 0) is 19.1 Å². The Balaban J connectivity index is 1.92. The number of nitrogens with one attached hydrogen (secondary N) is 2. The van der Waals surface area contributed by atoms with Gasteiger partial charge in [-0.1, -0.05) is 36.4 Å². The van der Waals surface area contributed by atoms with Crippen LogP contribution in [-0.4, -0.2) is 31.2 Å². The van der Waals surface area contributed by atoms with Crippen molar-refractivity contribution in [2.24, 2.45) is 0 Å². The average molecular weight is 380 g/mol. The molecule has 3 rings (SSSR count). The van der Waals surface area contributed by atoms with Crippen LogP contribution < -0.4 is 10.6 Å². The average Bonchev–Trinajstić information content (AvgIpc) is 2.87. The minimum Gasteiger partial charge on any atom is -0.466 e. The highest BCUT2D eigenvalue weighted by Gasteiger charge is 2.28. The quantitative estimate of drug-likeness (QED) is 0.739. The molecule has 1 aliphatic rings. The maximum Gasteiger partial charge on any atom is 0.337 e. The Morgan fingerprint density at radius 2 is 1.68 bits per heavy atom. The molecule has 2 aromatic carbocycles. The van der Waals surface area contributed by atoms with Gasteiger partial charge in [0.15, 0.2) is 0 Å². The fraction of sp³-hybridized carbons (Fsp3) is 0.273. The second-order valence-corrected chi connectivity index (χ2v) is 6.30. The van der Waals surface area contributed by atoms with Gasteiger partial charge in [-0.05, 0) is 37.1 Å². The van der Waals surface area contributed by atoms with Crippen LogP contribution in [0, 0.1) is 0 Å². The molecule has 28 heavy (non-hydrogen) atoms. The van der Waals surface area contributed by atoms with Gasteiger partial charge in [0.25, 0.3) is 0 Å². The second-order valence-electron chi connectivity index (χ2n) is 6.30. The lowest BCUT2D eigenvalue weighted by Crippen LogP contribution is -2.30. The lowest BCUT2D eigenvalue weighted by Gasteiger charge is -2.20. The molecule has 0 bridgehead atoms. The summed E-state index contributed by atoms with van der Waals surface area (Å²) in [5.41, 5.74) is 4.10. The Morgan fingerprint density at radius 1 is 0.929 bits per heavy atom. The Bertz CT molecular complexity index is 877. The van der Waals surface area contributed by atoms with Gasteiger partial charge in [-0.15, -0.1) is 0 Å². The predicted octanol–water partition coefficient (Wildman–Crippen LogP) is 3.96. The van der Waals surface area contributed by atoms with Crippen LogP contribution in [0.25, 0.3) is 11.1 Å². The van der Waals surface area contributed by atoms with E-state index in [9.17, 15) is 9.59 Å². The van der Waals surface area contributed by atoms with E-state index < -0.39 is 12.0 Å². The number of rotatable bonds is 6. The monoisotopic (exact) mass is 380 g/mol. The first-order chi connectivity index (χ1) is 13.6. The van der Waals surface area contributed by atoms with Crippen molar-refractivity contribution in [3.63, 3.8) is 0 Å². The van der Waals surface area contributed by atoms with Crippen molar-refractivity contribution < 1.29 is 19.1 Å². The van der Waals surface area contributed by atoms with Gasteiger partial charge in [-0.25, -0.2) is 4.79 Å². The lowest BCUT2D eigenvalue weighted by molar-refractivity contribution is -0.143. The van der Waals surface area contributed by atoms with Gasteiger partial charge in [0.05, 0.1) is 42.6 Å². The van der Waals surface area contributed by atoms with Crippen molar-refractivity contribution in [3.05, 3.63) is 60.3 Å². The van der Waals surface area contributed by atoms with Crippen LogP contribution in [0.3, 0.4) is 0 Å². The maximum atomic E-state index is 12.4. The molecule has 1 atom stereocenters. The Kier molecular flexibility index (Phi) is 6.32. The standard InChI is InChI=1S/C22H24N2O4/c1-3-27-21(25)13-19-17(22(26)28-4-2)14-23-20-12-16(10-11-18(20)24-19)15-8-6-5-7-9-15/h5-12,14,19,23-24H,3-4,13H2,1-2H3. The van der Waals surface area contributed by atoms with E-state index in [4.69, 9.17) is 9.47 Å². The second kappa shape index (κ2) is 9.08. The number of carbonyl (C=O) groups is 2. The summed E-state index contributed by atoms with van der Waals surface area (Å²) in [5, 5.41) is 6.47. The van der Waals surface area contributed by atoms with Crippen molar-refractivity contribution in [1.82, 2.24) is 0 Å². The first kappa shape index (κ1) is 19.5. The highest BCUT2D eigenvalue weighted by molar-refractivity contribution is 5.94. The molecule has 0 radical (unpaired) electrons. The summed E-state index contributed by atoms with van der Waals surface area (Å²) in [7, 11) is 0. The molecule has 1 unspecified atom stereocenters. The Hall–Kier alpha value is -3.28. The van der Waals surface area contributed by atoms with E-state index in [1.54, 1.807) is 20.0 Å². The Morgan fingerprint density at radius 3 is 2.39 bits per heavy atom. The van der Waals surface area contributed by atoms with Gasteiger partial charge in [0.1, 0.15) is 0 Å². The van der Waals surface area contributed by atoms with Crippen LogP contribution in [0.1, 0.15) is 20.3 Å². The summed E-state index contributed by atoms with van der Waals surface area (Å²) in [6.45, 7) is 4.05. The van der Waals surface area contributed by atoms with Gasteiger partial charge in [-0.2, -0.15) is 0 Å². The molecule has 2 N–H and O–H groups in total. The third-order valence-corrected chi connectivity index (χ3v) is 4.40.